The van der Waals surface area contributed by atoms with E-state index in [1.807, 2.05) is 39.0 Å². The maximum Gasteiger partial charge on any atom is 0.255 e. The first-order chi connectivity index (χ1) is 15.2. The van der Waals surface area contributed by atoms with Crippen molar-refractivity contribution in [2.75, 3.05) is 19.7 Å². The molecule has 168 valence electrons. The van der Waals surface area contributed by atoms with Crippen LogP contribution in [0.5, 0.6) is 5.75 Å². The van der Waals surface area contributed by atoms with Gasteiger partial charge in [-0.1, -0.05) is 37.3 Å². The van der Waals surface area contributed by atoms with Crippen LogP contribution in [-0.4, -0.2) is 41.5 Å². The number of rotatable bonds is 6. The topological polar surface area (TPSA) is 62.1 Å². The number of aliphatic imine (C=N–C) groups is 1. The van der Waals surface area contributed by atoms with E-state index in [2.05, 4.69) is 13.5 Å². The number of hydrogen-bond acceptors (Lipinski definition) is 4. The van der Waals surface area contributed by atoms with Gasteiger partial charge in [0.25, 0.3) is 5.91 Å². The highest BCUT2D eigenvalue weighted by molar-refractivity contribution is 6.09. The van der Waals surface area contributed by atoms with E-state index in [0.717, 1.165) is 39.6 Å². The van der Waals surface area contributed by atoms with Crippen LogP contribution in [0, 0.1) is 12.3 Å². The number of nitrogens with zero attached hydrogens (tertiary/aromatic N) is 2. The van der Waals surface area contributed by atoms with Crippen molar-refractivity contribution in [2.45, 2.75) is 47.0 Å². The maximum absolute atomic E-state index is 13.5. The summed E-state index contributed by atoms with van der Waals surface area (Å²) < 4.78 is 5.97. The fourth-order valence-electron chi connectivity index (χ4n) is 4.44. The second kappa shape index (κ2) is 8.45. The molecule has 0 saturated heterocycles. The van der Waals surface area contributed by atoms with Gasteiger partial charge < -0.3 is 14.7 Å². The minimum atomic E-state index is -0.120. The number of aryl methyl sites for hydroxylation is 1. The van der Waals surface area contributed by atoms with Crippen molar-refractivity contribution in [1.29, 1.82) is 0 Å². The molecule has 0 unspecified atom stereocenters. The number of ether oxygens (including phenoxy) is 1. The molecule has 0 radical (unpaired) electrons. The van der Waals surface area contributed by atoms with Crippen molar-refractivity contribution in [3.63, 3.8) is 0 Å². The molecule has 1 amide bonds. The van der Waals surface area contributed by atoms with Crippen molar-refractivity contribution < 1.29 is 14.6 Å². The van der Waals surface area contributed by atoms with Crippen LogP contribution >= 0.6 is 0 Å². The smallest absolute Gasteiger partial charge is 0.255 e. The number of aromatic hydroxyl groups is 1. The molecule has 2 aromatic rings. The van der Waals surface area contributed by atoms with E-state index in [1.165, 1.54) is 12.8 Å². The number of phenolic OH excluding ortho intramolecular Hbond substituents is 1. The predicted octanol–water partition coefficient (Wildman–Crippen LogP) is 5.77. The van der Waals surface area contributed by atoms with Crippen LogP contribution in [0.15, 0.2) is 58.7 Å². The third-order valence-corrected chi connectivity index (χ3v) is 6.83. The number of fused-ring (bicyclic) bond motifs is 1. The summed E-state index contributed by atoms with van der Waals surface area (Å²) >= 11 is 0. The van der Waals surface area contributed by atoms with Crippen molar-refractivity contribution in [3.8, 4) is 5.75 Å². The molecule has 2 aromatic carbocycles. The van der Waals surface area contributed by atoms with Gasteiger partial charge in [0.1, 0.15) is 5.75 Å². The fraction of sp³-hybridized carbons (Fsp3) is 0.407. The summed E-state index contributed by atoms with van der Waals surface area (Å²) in [6.45, 7) is 13.7. The van der Waals surface area contributed by atoms with E-state index in [-0.39, 0.29) is 11.7 Å². The summed E-state index contributed by atoms with van der Waals surface area (Å²) in [4.78, 5) is 20.1. The number of benzene rings is 2. The lowest BCUT2D eigenvalue weighted by Crippen LogP contribution is -2.29. The summed E-state index contributed by atoms with van der Waals surface area (Å²) in [6, 6.07) is 9.09. The van der Waals surface area contributed by atoms with E-state index in [0.29, 0.717) is 36.6 Å². The first-order valence-electron chi connectivity index (χ1n) is 11.3. The molecule has 1 N–H and O–H groups in total. The van der Waals surface area contributed by atoms with E-state index in [9.17, 15) is 9.90 Å². The molecule has 1 aliphatic heterocycles. The molecule has 1 aliphatic carbocycles. The Hall–Kier alpha value is -3.08. The van der Waals surface area contributed by atoms with Crippen LogP contribution in [-0.2, 0) is 4.74 Å². The summed E-state index contributed by atoms with van der Waals surface area (Å²) in [5.74, 6) is 0.600. The van der Waals surface area contributed by atoms with Gasteiger partial charge in [-0.2, -0.15) is 0 Å². The van der Waals surface area contributed by atoms with Gasteiger partial charge >= 0.3 is 0 Å². The van der Waals surface area contributed by atoms with E-state index in [1.54, 1.807) is 17.0 Å². The van der Waals surface area contributed by atoms with E-state index in [4.69, 9.17) is 9.73 Å². The summed E-state index contributed by atoms with van der Waals surface area (Å²) in [6.07, 6.45) is 3.56. The monoisotopic (exact) mass is 432 g/mol. The third-order valence-electron chi connectivity index (χ3n) is 6.83. The quantitative estimate of drug-likeness (QED) is 0.466. The Labute approximate surface area is 190 Å². The lowest BCUT2D eigenvalue weighted by molar-refractivity contribution is 0.0797. The zero-order chi connectivity index (χ0) is 23.0. The zero-order valence-corrected chi connectivity index (χ0v) is 19.5. The van der Waals surface area contributed by atoms with Crippen LogP contribution in [0.2, 0.25) is 0 Å². The highest BCUT2D eigenvalue weighted by Crippen LogP contribution is 2.48. The van der Waals surface area contributed by atoms with Crippen molar-refractivity contribution in [1.82, 2.24) is 4.90 Å². The van der Waals surface area contributed by atoms with Gasteiger partial charge in [-0.05, 0) is 67.2 Å². The Morgan fingerprint density at radius 1 is 1.25 bits per heavy atom. The molecule has 0 atom stereocenters. The molecule has 32 heavy (non-hydrogen) atoms. The standard InChI is InChI=1S/C27H32N2O3/c1-6-27(10-11-27)16-32-19(5)28-24-15-29(14-23(24)17(2)3)26(31)22-13-21(30)12-20-9-7-8-18(4)25(20)22/h7-9,12-13,30H,2,6,10-11,14-16H2,1,3-5H3. The van der Waals surface area contributed by atoms with Gasteiger partial charge in [0.05, 0.1) is 24.4 Å². The SMILES string of the molecule is C=C(C)C1=C(N=C(C)OCC2(CC)CC2)CN(C(=O)c2cc(O)cc3cccc(C)c23)C1. The largest absolute Gasteiger partial charge is 0.508 e. The van der Waals surface area contributed by atoms with Crippen LogP contribution in [0.25, 0.3) is 10.8 Å². The Balaban J connectivity index is 1.58. The average molecular weight is 433 g/mol. The molecule has 2 aliphatic rings. The second-order valence-corrected chi connectivity index (χ2v) is 9.31. The summed E-state index contributed by atoms with van der Waals surface area (Å²) in [5, 5.41) is 11.9. The number of hydrogen-bond donors (Lipinski definition) is 1. The molecule has 0 spiro atoms. The minimum Gasteiger partial charge on any atom is -0.508 e. The third kappa shape index (κ3) is 4.29. The van der Waals surface area contributed by atoms with Gasteiger partial charge in [0, 0.05) is 18.9 Å². The summed E-state index contributed by atoms with van der Waals surface area (Å²) in [7, 11) is 0. The summed E-state index contributed by atoms with van der Waals surface area (Å²) in [5.41, 5.74) is 4.54. The molecule has 1 fully saturated rings. The Kier molecular flexibility index (Phi) is 5.85. The lowest BCUT2D eigenvalue weighted by atomic mass is 9.98. The predicted molar refractivity (Wildman–Crippen MR) is 129 cm³/mol. The van der Waals surface area contributed by atoms with Crippen molar-refractivity contribution in [2.24, 2.45) is 10.4 Å². The molecule has 1 heterocycles. The Morgan fingerprint density at radius 3 is 2.66 bits per heavy atom. The molecular formula is C27H32N2O3. The number of phenols is 1. The molecular weight excluding hydrogens is 400 g/mol. The molecule has 4 rings (SSSR count). The first kappa shape index (κ1) is 22.1. The van der Waals surface area contributed by atoms with Crippen LogP contribution < -0.4 is 0 Å². The Morgan fingerprint density at radius 2 is 2.00 bits per heavy atom. The minimum absolute atomic E-state index is 0.0890. The maximum atomic E-state index is 13.5. The van der Waals surface area contributed by atoms with Gasteiger partial charge in [0.2, 0.25) is 0 Å². The first-order valence-corrected chi connectivity index (χ1v) is 11.3. The second-order valence-electron chi connectivity index (χ2n) is 9.31. The fourth-order valence-corrected chi connectivity index (χ4v) is 4.44. The molecule has 5 heteroatoms. The number of carbonyl (C=O) groups is 1. The molecule has 0 bridgehead atoms. The normalized spacial score (nSPS) is 17.8. The van der Waals surface area contributed by atoms with Crippen molar-refractivity contribution >= 4 is 22.6 Å². The molecule has 1 saturated carbocycles. The van der Waals surface area contributed by atoms with Gasteiger partial charge in [-0.3, -0.25) is 4.79 Å². The van der Waals surface area contributed by atoms with Gasteiger partial charge in [-0.15, -0.1) is 0 Å². The average Bonchev–Trinajstić information content (AvgIpc) is 3.42. The number of carbonyl (C=O) groups excluding carboxylic acids is 1. The van der Waals surface area contributed by atoms with Crippen molar-refractivity contribution in [3.05, 3.63) is 64.9 Å². The van der Waals surface area contributed by atoms with E-state index < -0.39 is 0 Å². The number of amides is 1. The molecule has 5 nitrogen and oxygen atoms in total. The lowest BCUT2D eigenvalue weighted by Gasteiger charge is -2.19. The van der Waals surface area contributed by atoms with Gasteiger partial charge in [0.15, 0.2) is 5.90 Å². The van der Waals surface area contributed by atoms with Crippen LogP contribution in [0.3, 0.4) is 0 Å². The Bertz CT molecular complexity index is 1150. The molecule has 0 aromatic heterocycles. The van der Waals surface area contributed by atoms with Crippen LogP contribution in [0.1, 0.15) is 56.0 Å². The zero-order valence-electron chi connectivity index (χ0n) is 19.5. The highest BCUT2D eigenvalue weighted by Gasteiger charge is 2.41. The van der Waals surface area contributed by atoms with E-state index >= 15 is 0 Å². The highest BCUT2D eigenvalue weighted by atomic mass is 16.5. The van der Waals surface area contributed by atoms with Crippen LogP contribution in [0.4, 0.5) is 0 Å². The van der Waals surface area contributed by atoms with Gasteiger partial charge in [-0.25, -0.2) is 4.99 Å².